The minimum Gasteiger partial charge on any atom is -0.493 e. The summed E-state index contributed by atoms with van der Waals surface area (Å²) in [6.07, 6.45) is 1.68. The number of hydrogen-bond donors (Lipinski definition) is 0. The van der Waals surface area contributed by atoms with Gasteiger partial charge in [-0.05, 0) is 48.0 Å². The number of amides is 1. The summed E-state index contributed by atoms with van der Waals surface area (Å²) in [7, 11) is 1.50. The molecule has 3 aromatic carbocycles. The highest BCUT2D eigenvalue weighted by Gasteiger charge is 2.33. The van der Waals surface area contributed by atoms with Crippen LogP contribution in [0.5, 0.6) is 11.5 Å². The molecular weight excluding hydrogens is 452 g/mol. The molecule has 4 nitrogen and oxygen atoms in total. The van der Waals surface area contributed by atoms with E-state index < -0.39 is 5.82 Å². The second-order valence-electron chi connectivity index (χ2n) is 6.79. The summed E-state index contributed by atoms with van der Waals surface area (Å²) in [6.45, 7) is 0.0503. The molecule has 3 aromatic rings. The summed E-state index contributed by atoms with van der Waals surface area (Å²) in [5.41, 5.74) is 1.50. The monoisotopic (exact) mass is 469 g/mol. The molecule has 0 aromatic heterocycles. The molecule has 162 valence electrons. The fourth-order valence-electron chi connectivity index (χ4n) is 3.12. The lowest BCUT2D eigenvalue weighted by molar-refractivity contribution is -0.113. The third-order valence-corrected chi connectivity index (χ3v) is 5.99. The first-order valence-corrected chi connectivity index (χ1v) is 10.8. The molecule has 0 aliphatic carbocycles. The van der Waals surface area contributed by atoms with Crippen molar-refractivity contribution in [3.05, 3.63) is 94.4 Å². The predicted molar refractivity (Wildman–Crippen MR) is 126 cm³/mol. The maximum Gasteiger partial charge on any atom is 0.270 e. The van der Waals surface area contributed by atoms with Gasteiger partial charge in [0.05, 0.1) is 17.7 Å². The van der Waals surface area contributed by atoms with Crippen LogP contribution in [0, 0.1) is 11.6 Å². The minimum absolute atomic E-state index is 0.0503. The van der Waals surface area contributed by atoms with Crippen molar-refractivity contribution in [2.45, 2.75) is 6.61 Å². The molecule has 1 aliphatic heterocycles. The van der Waals surface area contributed by atoms with Gasteiger partial charge < -0.3 is 9.47 Å². The number of rotatable bonds is 6. The molecule has 1 aliphatic rings. The molecule has 0 saturated carbocycles. The van der Waals surface area contributed by atoms with Crippen LogP contribution in [0.15, 0.2) is 71.6 Å². The Kier molecular flexibility index (Phi) is 6.53. The number of carbonyl (C=O) groups excluding carboxylic acids is 1. The van der Waals surface area contributed by atoms with Gasteiger partial charge in [-0.2, -0.15) is 0 Å². The molecule has 0 atom stereocenters. The van der Waals surface area contributed by atoms with Crippen LogP contribution in [0.2, 0.25) is 0 Å². The summed E-state index contributed by atoms with van der Waals surface area (Å²) in [5.74, 6) is -0.236. The van der Waals surface area contributed by atoms with Gasteiger partial charge >= 0.3 is 0 Å². The van der Waals surface area contributed by atoms with E-state index in [1.165, 1.54) is 36.3 Å². The van der Waals surface area contributed by atoms with E-state index in [9.17, 15) is 13.6 Å². The number of carbonyl (C=O) groups is 1. The normalized spacial score (nSPS) is 14.8. The van der Waals surface area contributed by atoms with Crippen molar-refractivity contribution >= 4 is 46.0 Å². The minimum atomic E-state index is -0.448. The van der Waals surface area contributed by atoms with Crippen molar-refractivity contribution in [2.75, 3.05) is 12.0 Å². The van der Waals surface area contributed by atoms with Crippen LogP contribution in [0.25, 0.3) is 6.08 Å². The third kappa shape index (κ3) is 4.66. The molecular formula is C24H17F2NO3S2. The highest BCUT2D eigenvalue weighted by molar-refractivity contribution is 8.27. The van der Waals surface area contributed by atoms with Crippen LogP contribution in [0.1, 0.15) is 11.1 Å². The lowest BCUT2D eigenvalue weighted by atomic mass is 10.1. The summed E-state index contributed by atoms with van der Waals surface area (Å²) in [5, 5.41) is 0. The second-order valence-corrected chi connectivity index (χ2v) is 8.46. The van der Waals surface area contributed by atoms with E-state index in [-0.39, 0.29) is 18.3 Å². The van der Waals surface area contributed by atoms with Gasteiger partial charge in [-0.15, -0.1) is 0 Å². The fourth-order valence-corrected chi connectivity index (χ4v) is 4.42. The molecule has 1 saturated heterocycles. The van der Waals surface area contributed by atoms with E-state index in [4.69, 9.17) is 21.7 Å². The lowest BCUT2D eigenvalue weighted by Crippen LogP contribution is -2.27. The van der Waals surface area contributed by atoms with Gasteiger partial charge in [0, 0.05) is 5.56 Å². The van der Waals surface area contributed by atoms with Crippen LogP contribution in [0.3, 0.4) is 0 Å². The maximum atomic E-state index is 13.8. The first-order chi connectivity index (χ1) is 15.5. The van der Waals surface area contributed by atoms with Gasteiger partial charge in [-0.3, -0.25) is 9.69 Å². The summed E-state index contributed by atoms with van der Waals surface area (Å²) in [6, 6.07) is 17.3. The van der Waals surface area contributed by atoms with Crippen molar-refractivity contribution < 1.29 is 23.0 Å². The molecule has 0 radical (unpaired) electrons. The Balaban J connectivity index is 1.54. The second kappa shape index (κ2) is 9.50. The van der Waals surface area contributed by atoms with Gasteiger partial charge in [-0.1, -0.05) is 54.3 Å². The quantitative estimate of drug-likeness (QED) is 0.329. The number of ether oxygens (including phenoxy) is 2. The third-order valence-electron chi connectivity index (χ3n) is 4.69. The number of thiocarbonyl (C=S) groups is 1. The van der Waals surface area contributed by atoms with Gasteiger partial charge in [0.25, 0.3) is 5.91 Å². The number of anilines is 1. The zero-order valence-electron chi connectivity index (χ0n) is 16.9. The molecule has 0 unspecified atom stereocenters. The highest BCUT2D eigenvalue weighted by Crippen LogP contribution is 2.37. The lowest BCUT2D eigenvalue weighted by Gasteiger charge is -2.14. The van der Waals surface area contributed by atoms with Crippen molar-refractivity contribution in [2.24, 2.45) is 0 Å². The van der Waals surface area contributed by atoms with Crippen molar-refractivity contribution in [3.8, 4) is 11.5 Å². The van der Waals surface area contributed by atoms with Gasteiger partial charge in [-0.25, -0.2) is 8.78 Å². The summed E-state index contributed by atoms with van der Waals surface area (Å²) < 4.78 is 38.9. The van der Waals surface area contributed by atoms with E-state index in [1.54, 1.807) is 48.5 Å². The van der Waals surface area contributed by atoms with Gasteiger partial charge in [0.2, 0.25) is 0 Å². The van der Waals surface area contributed by atoms with Crippen LogP contribution in [-0.2, 0) is 11.4 Å². The molecule has 1 amide bonds. The Morgan fingerprint density at radius 3 is 2.59 bits per heavy atom. The number of halogens is 2. The van der Waals surface area contributed by atoms with Crippen LogP contribution >= 0.6 is 24.0 Å². The van der Waals surface area contributed by atoms with Crippen LogP contribution in [0.4, 0.5) is 14.5 Å². The Bertz CT molecular complexity index is 1230. The zero-order chi connectivity index (χ0) is 22.7. The van der Waals surface area contributed by atoms with E-state index in [2.05, 4.69) is 0 Å². The molecule has 1 heterocycles. The largest absolute Gasteiger partial charge is 0.493 e. The van der Waals surface area contributed by atoms with E-state index in [0.717, 1.165) is 11.8 Å². The molecule has 1 fully saturated rings. The fraction of sp³-hybridized carbons (Fsp3) is 0.0833. The molecule has 4 rings (SSSR count). The molecule has 8 heteroatoms. The highest BCUT2D eigenvalue weighted by atomic mass is 32.2. The van der Waals surface area contributed by atoms with Crippen LogP contribution < -0.4 is 14.4 Å². The van der Waals surface area contributed by atoms with Crippen molar-refractivity contribution in [1.82, 2.24) is 0 Å². The zero-order valence-corrected chi connectivity index (χ0v) is 18.5. The van der Waals surface area contributed by atoms with Crippen molar-refractivity contribution in [3.63, 3.8) is 0 Å². The Morgan fingerprint density at radius 1 is 1.03 bits per heavy atom. The smallest absolute Gasteiger partial charge is 0.270 e. The predicted octanol–water partition coefficient (Wildman–Crippen LogP) is 5.96. The molecule has 0 spiro atoms. The molecule has 0 N–H and O–H groups in total. The Labute approximate surface area is 193 Å². The number of thioether (sulfide) groups is 1. The Morgan fingerprint density at radius 2 is 1.84 bits per heavy atom. The summed E-state index contributed by atoms with van der Waals surface area (Å²) >= 11 is 6.46. The van der Waals surface area contributed by atoms with Crippen LogP contribution in [-0.4, -0.2) is 17.3 Å². The molecule has 0 bridgehead atoms. The summed E-state index contributed by atoms with van der Waals surface area (Å²) in [4.78, 5) is 14.6. The average molecular weight is 470 g/mol. The standard InChI is InChI=1S/C24H17F2NO3S2/c1-29-21-11-15(9-10-20(21)30-14-16-5-2-3-8-19(16)26)12-22-23(28)27(24(31)32-22)18-7-4-6-17(25)13-18/h2-13H,14H2,1H3/b22-12+. The van der Waals surface area contributed by atoms with Gasteiger partial charge in [0.1, 0.15) is 18.2 Å². The first-order valence-electron chi connectivity index (χ1n) is 9.54. The number of methoxy groups -OCH3 is 1. The number of hydrogen-bond acceptors (Lipinski definition) is 5. The maximum absolute atomic E-state index is 13.8. The van der Waals surface area contributed by atoms with E-state index in [0.29, 0.717) is 37.5 Å². The average Bonchev–Trinajstić information content (AvgIpc) is 3.06. The number of nitrogens with zero attached hydrogens (tertiary/aromatic N) is 1. The Hall–Kier alpha value is -3.23. The molecule has 32 heavy (non-hydrogen) atoms. The van der Waals surface area contributed by atoms with E-state index >= 15 is 0 Å². The SMILES string of the molecule is COc1cc(/C=C2/SC(=S)N(c3cccc(F)c3)C2=O)ccc1OCc1ccccc1F. The first kappa shape index (κ1) is 22.0. The van der Waals surface area contributed by atoms with Crippen molar-refractivity contribution in [1.29, 1.82) is 0 Å². The van der Waals surface area contributed by atoms with E-state index in [1.807, 2.05) is 0 Å². The van der Waals surface area contributed by atoms with Gasteiger partial charge in [0.15, 0.2) is 15.8 Å². The number of benzene rings is 3. The topological polar surface area (TPSA) is 38.8 Å².